The molecule has 2 aromatic carbocycles. The molecule has 0 spiro atoms. The van der Waals surface area contributed by atoms with Gasteiger partial charge in [0.05, 0.1) is 16.6 Å². The topological polar surface area (TPSA) is 68.9 Å². The van der Waals surface area contributed by atoms with Crippen LogP contribution in [-0.4, -0.2) is 16.3 Å². The quantitative estimate of drug-likeness (QED) is 0.668. The van der Waals surface area contributed by atoms with Gasteiger partial charge in [0.2, 0.25) is 0 Å². The lowest BCUT2D eigenvalue weighted by Crippen LogP contribution is -2.41. The molecule has 1 atom stereocenters. The smallest absolute Gasteiger partial charge is 0.343 e. The predicted octanol–water partition coefficient (Wildman–Crippen LogP) is 5.12. The molecule has 29 heavy (non-hydrogen) atoms. The van der Waals surface area contributed by atoms with Crippen LogP contribution in [0.2, 0.25) is 0 Å². The van der Waals surface area contributed by atoms with E-state index in [9.17, 15) is 9.90 Å². The Kier molecular flexibility index (Phi) is 4.65. The first-order chi connectivity index (χ1) is 13.6. The summed E-state index contributed by atoms with van der Waals surface area (Å²) in [5, 5.41) is 11.5. The van der Waals surface area contributed by atoms with Crippen LogP contribution in [0.5, 0.6) is 0 Å². The Morgan fingerprint density at radius 3 is 2.17 bits per heavy atom. The average Bonchev–Trinajstić information content (AvgIpc) is 2.89. The van der Waals surface area contributed by atoms with Crippen molar-refractivity contribution in [2.45, 2.75) is 58.2 Å². The second-order valence-corrected chi connectivity index (χ2v) is 8.56. The van der Waals surface area contributed by atoms with E-state index in [-0.39, 0.29) is 5.76 Å². The van der Waals surface area contributed by atoms with Crippen molar-refractivity contribution >= 4 is 10.8 Å². The number of benzene rings is 2. The van der Waals surface area contributed by atoms with Gasteiger partial charge in [0.15, 0.2) is 6.29 Å². The molecular weight excluding hydrogens is 368 g/mol. The third-order valence-electron chi connectivity index (χ3n) is 5.95. The number of fused-ring (bicyclic) bond motifs is 1. The molecule has 1 aliphatic rings. The van der Waals surface area contributed by atoms with Gasteiger partial charge >= 0.3 is 5.63 Å². The molecule has 0 saturated carbocycles. The van der Waals surface area contributed by atoms with Crippen molar-refractivity contribution in [3.63, 3.8) is 0 Å². The van der Waals surface area contributed by atoms with E-state index < -0.39 is 29.2 Å². The SMILES string of the molecule is CC(O)c1oc(=O)c2ccccc2c1-c1cccc(C2OC(C)(C)C(C)(C)O2)c1. The van der Waals surface area contributed by atoms with E-state index in [1.54, 1.807) is 19.1 Å². The highest BCUT2D eigenvalue weighted by atomic mass is 16.7. The van der Waals surface area contributed by atoms with Crippen molar-refractivity contribution < 1.29 is 19.0 Å². The fourth-order valence-corrected chi connectivity index (χ4v) is 3.63. The predicted molar refractivity (Wildman–Crippen MR) is 112 cm³/mol. The Morgan fingerprint density at radius 1 is 0.931 bits per heavy atom. The van der Waals surface area contributed by atoms with Crippen LogP contribution in [0.1, 0.15) is 58.3 Å². The van der Waals surface area contributed by atoms with Crippen molar-refractivity contribution in [1.29, 1.82) is 0 Å². The number of ether oxygens (including phenoxy) is 2. The minimum absolute atomic E-state index is 0.250. The second kappa shape index (κ2) is 6.80. The first kappa shape index (κ1) is 19.8. The summed E-state index contributed by atoms with van der Waals surface area (Å²) in [6.07, 6.45) is -1.43. The van der Waals surface area contributed by atoms with Gasteiger partial charge in [-0.1, -0.05) is 36.4 Å². The van der Waals surface area contributed by atoms with Crippen LogP contribution in [0, 0.1) is 0 Å². The summed E-state index contributed by atoms with van der Waals surface area (Å²) < 4.78 is 17.9. The number of hydrogen-bond donors (Lipinski definition) is 1. The average molecular weight is 394 g/mol. The largest absolute Gasteiger partial charge is 0.424 e. The third kappa shape index (κ3) is 3.29. The Hall–Kier alpha value is -2.47. The molecule has 0 bridgehead atoms. The molecule has 1 fully saturated rings. The van der Waals surface area contributed by atoms with Crippen molar-refractivity contribution in [2.75, 3.05) is 0 Å². The molecular formula is C24H26O5. The number of aliphatic hydroxyl groups excluding tert-OH is 1. The zero-order valence-electron chi connectivity index (χ0n) is 17.4. The van der Waals surface area contributed by atoms with Gasteiger partial charge in [0.25, 0.3) is 0 Å². The van der Waals surface area contributed by atoms with Gasteiger partial charge in [-0.2, -0.15) is 0 Å². The molecule has 0 amide bonds. The molecule has 3 aromatic rings. The maximum atomic E-state index is 12.4. The monoisotopic (exact) mass is 394 g/mol. The lowest BCUT2D eigenvalue weighted by Gasteiger charge is -2.30. The Balaban J connectivity index is 1.88. The van der Waals surface area contributed by atoms with E-state index in [4.69, 9.17) is 13.9 Å². The number of rotatable bonds is 3. The van der Waals surface area contributed by atoms with Crippen LogP contribution in [0.25, 0.3) is 21.9 Å². The first-order valence-corrected chi connectivity index (χ1v) is 9.80. The summed E-state index contributed by atoms with van der Waals surface area (Å²) in [5.74, 6) is 0.250. The Labute approximate surface area is 169 Å². The van der Waals surface area contributed by atoms with Crippen LogP contribution in [0.15, 0.2) is 57.7 Å². The highest BCUT2D eigenvalue weighted by Gasteiger charge is 2.49. The van der Waals surface area contributed by atoms with E-state index in [1.165, 1.54) is 0 Å². The summed E-state index contributed by atoms with van der Waals surface area (Å²) in [4.78, 5) is 12.4. The Morgan fingerprint density at radius 2 is 1.55 bits per heavy atom. The van der Waals surface area contributed by atoms with Gasteiger partial charge in [-0.15, -0.1) is 0 Å². The van der Waals surface area contributed by atoms with Crippen molar-refractivity contribution in [3.8, 4) is 11.1 Å². The summed E-state index contributed by atoms with van der Waals surface area (Å²) in [6, 6.07) is 15.0. The highest BCUT2D eigenvalue weighted by Crippen LogP contribution is 2.45. The van der Waals surface area contributed by atoms with Crippen LogP contribution in [-0.2, 0) is 9.47 Å². The van der Waals surface area contributed by atoms with Gasteiger partial charge < -0.3 is 19.0 Å². The van der Waals surface area contributed by atoms with E-state index >= 15 is 0 Å². The normalized spacial score (nSPS) is 19.5. The lowest BCUT2D eigenvalue weighted by atomic mass is 9.90. The summed E-state index contributed by atoms with van der Waals surface area (Å²) in [7, 11) is 0. The molecule has 1 aliphatic heterocycles. The summed E-state index contributed by atoms with van der Waals surface area (Å²) in [5.41, 5.74) is 1.06. The van der Waals surface area contributed by atoms with Crippen LogP contribution in [0.3, 0.4) is 0 Å². The van der Waals surface area contributed by atoms with Crippen molar-refractivity contribution in [1.82, 2.24) is 0 Å². The zero-order chi connectivity index (χ0) is 21.0. The maximum Gasteiger partial charge on any atom is 0.343 e. The van der Waals surface area contributed by atoms with E-state index in [0.717, 1.165) is 16.5 Å². The minimum atomic E-state index is -0.928. The summed E-state index contributed by atoms with van der Waals surface area (Å²) in [6.45, 7) is 9.65. The van der Waals surface area contributed by atoms with Gasteiger partial charge in [-0.05, 0) is 52.3 Å². The highest BCUT2D eigenvalue weighted by molar-refractivity contribution is 5.96. The first-order valence-electron chi connectivity index (χ1n) is 9.80. The van der Waals surface area contributed by atoms with E-state index in [2.05, 4.69) is 0 Å². The van der Waals surface area contributed by atoms with Gasteiger partial charge in [-0.25, -0.2) is 4.79 Å². The molecule has 152 valence electrons. The Bertz CT molecular complexity index is 1110. The molecule has 1 N–H and O–H groups in total. The minimum Gasteiger partial charge on any atom is -0.424 e. The van der Waals surface area contributed by atoms with Crippen LogP contribution < -0.4 is 5.63 Å². The van der Waals surface area contributed by atoms with Gasteiger partial charge in [-0.3, -0.25) is 0 Å². The van der Waals surface area contributed by atoms with Gasteiger partial charge in [0, 0.05) is 16.5 Å². The molecule has 2 heterocycles. The van der Waals surface area contributed by atoms with Gasteiger partial charge in [0.1, 0.15) is 11.9 Å². The standard InChI is InChI=1S/C24H26O5/c1-14(25)20-19(17-11-6-7-12-18(17)21(26)27-20)15-9-8-10-16(13-15)22-28-23(2,3)24(4,5)29-22/h6-14,22,25H,1-5H3. The van der Waals surface area contributed by atoms with Crippen molar-refractivity contribution in [2.24, 2.45) is 0 Å². The van der Waals surface area contributed by atoms with E-state index in [1.807, 2.05) is 64.1 Å². The molecule has 4 rings (SSSR count). The summed E-state index contributed by atoms with van der Waals surface area (Å²) >= 11 is 0. The molecule has 1 aromatic heterocycles. The molecule has 5 heteroatoms. The number of hydrogen-bond acceptors (Lipinski definition) is 5. The molecule has 0 aliphatic carbocycles. The van der Waals surface area contributed by atoms with Crippen LogP contribution in [0.4, 0.5) is 0 Å². The van der Waals surface area contributed by atoms with Crippen molar-refractivity contribution in [3.05, 3.63) is 70.3 Å². The van der Waals surface area contributed by atoms with E-state index in [0.29, 0.717) is 10.9 Å². The lowest BCUT2D eigenvalue weighted by molar-refractivity contribution is -0.0895. The molecule has 1 unspecified atom stereocenters. The molecule has 1 saturated heterocycles. The van der Waals surface area contributed by atoms with Crippen LogP contribution >= 0.6 is 0 Å². The third-order valence-corrected chi connectivity index (χ3v) is 5.95. The number of aliphatic hydroxyl groups is 1. The second-order valence-electron chi connectivity index (χ2n) is 8.56. The fraction of sp³-hybridized carbons (Fsp3) is 0.375. The molecule has 5 nitrogen and oxygen atoms in total. The maximum absolute atomic E-state index is 12.4. The molecule has 0 radical (unpaired) electrons. The fourth-order valence-electron chi connectivity index (χ4n) is 3.63. The zero-order valence-corrected chi connectivity index (χ0v) is 17.4.